The number of nitrogens with zero attached hydrogens (tertiary/aromatic N) is 1. The van der Waals surface area contributed by atoms with Crippen LogP contribution in [-0.2, 0) is 11.3 Å². The topological polar surface area (TPSA) is 85.3 Å². The van der Waals surface area contributed by atoms with E-state index < -0.39 is 0 Å². The molecule has 0 saturated carbocycles. The summed E-state index contributed by atoms with van der Waals surface area (Å²) >= 11 is 0. The predicted octanol–water partition coefficient (Wildman–Crippen LogP) is 3.55. The van der Waals surface area contributed by atoms with Crippen molar-refractivity contribution in [1.29, 1.82) is 0 Å². The van der Waals surface area contributed by atoms with Crippen LogP contribution in [0.3, 0.4) is 0 Å². The van der Waals surface area contributed by atoms with Crippen molar-refractivity contribution in [3.63, 3.8) is 0 Å². The van der Waals surface area contributed by atoms with Crippen molar-refractivity contribution >= 4 is 16.8 Å². The third-order valence-corrected chi connectivity index (χ3v) is 5.76. The summed E-state index contributed by atoms with van der Waals surface area (Å²) < 4.78 is 11.8. The summed E-state index contributed by atoms with van der Waals surface area (Å²) in [6.45, 7) is 1.18. The van der Waals surface area contributed by atoms with E-state index in [4.69, 9.17) is 9.47 Å². The molecule has 33 heavy (non-hydrogen) atoms. The SMILES string of the molecule is COCCn1cc(C(=O)NC[C@@H](c2ccc(OC)cc2)c2c[nH]c3ccccc23)ccc1=O. The molecule has 0 aliphatic heterocycles. The molecule has 0 bridgehead atoms. The molecular weight excluding hydrogens is 418 g/mol. The van der Waals surface area contributed by atoms with Gasteiger partial charge in [-0.05, 0) is 35.4 Å². The van der Waals surface area contributed by atoms with E-state index in [1.54, 1.807) is 26.5 Å². The molecule has 2 aromatic carbocycles. The van der Waals surface area contributed by atoms with Gasteiger partial charge >= 0.3 is 0 Å². The van der Waals surface area contributed by atoms with Crippen molar-refractivity contribution < 1.29 is 14.3 Å². The zero-order valence-electron chi connectivity index (χ0n) is 18.7. The smallest absolute Gasteiger partial charge is 0.252 e. The molecule has 2 aromatic heterocycles. The first-order valence-corrected chi connectivity index (χ1v) is 10.8. The molecule has 7 heteroatoms. The van der Waals surface area contributed by atoms with Crippen LogP contribution < -0.4 is 15.6 Å². The van der Waals surface area contributed by atoms with Crippen molar-refractivity contribution in [2.45, 2.75) is 12.5 Å². The second-order valence-electron chi connectivity index (χ2n) is 7.77. The molecule has 4 aromatic rings. The molecule has 0 fully saturated rings. The molecular formula is C26H27N3O4. The van der Waals surface area contributed by atoms with E-state index in [2.05, 4.69) is 16.4 Å². The lowest BCUT2D eigenvalue weighted by Gasteiger charge is -2.19. The van der Waals surface area contributed by atoms with Crippen LogP contribution in [0.1, 0.15) is 27.4 Å². The lowest BCUT2D eigenvalue weighted by Crippen LogP contribution is -2.30. The first kappa shape index (κ1) is 22.4. The maximum atomic E-state index is 13.0. The van der Waals surface area contributed by atoms with Crippen molar-refractivity contribution in [2.75, 3.05) is 27.4 Å². The standard InChI is InChI=1S/C26H27N3O4/c1-32-14-13-29-17-19(9-12-25(29)30)26(31)28-15-22(18-7-10-20(33-2)11-8-18)23-16-27-24-6-4-3-5-21(23)24/h3-12,16-17,22,27H,13-15H2,1-2H3,(H,28,31)/t22-/m0/s1. The zero-order valence-corrected chi connectivity index (χ0v) is 18.7. The van der Waals surface area contributed by atoms with Gasteiger partial charge in [0, 0.05) is 55.5 Å². The highest BCUT2D eigenvalue weighted by atomic mass is 16.5. The number of ether oxygens (including phenoxy) is 2. The van der Waals surface area contributed by atoms with Gasteiger partial charge in [0.1, 0.15) is 5.75 Å². The number of rotatable bonds is 9. The molecule has 0 radical (unpaired) electrons. The summed E-state index contributed by atoms with van der Waals surface area (Å²) in [6, 6.07) is 18.9. The van der Waals surface area contributed by atoms with Crippen LogP contribution in [0.2, 0.25) is 0 Å². The summed E-state index contributed by atoms with van der Waals surface area (Å²) in [5.74, 6) is 0.466. The summed E-state index contributed by atoms with van der Waals surface area (Å²) in [5, 5.41) is 4.16. The second-order valence-corrected chi connectivity index (χ2v) is 7.77. The van der Waals surface area contributed by atoms with Gasteiger partial charge < -0.3 is 24.3 Å². The fourth-order valence-corrected chi connectivity index (χ4v) is 3.95. The summed E-state index contributed by atoms with van der Waals surface area (Å²) in [5.41, 5.74) is 3.46. The van der Waals surface area contributed by atoms with Crippen molar-refractivity contribution in [3.8, 4) is 5.75 Å². The summed E-state index contributed by atoms with van der Waals surface area (Å²) in [6.07, 6.45) is 3.57. The largest absolute Gasteiger partial charge is 0.497 e. The number of pyridine rings is 1. The minimum absolute atomic E-state index is 0.0737. The molecule has 2 N–H and O–H groups in total. The van der Waals surface area contributed by atoms with Crippen LogP contribution in [-0.4, -0.2) is 42.8 Å². The van der Waals surface area contributed by atoms with Crippen molar-refractivity contribution in [2.24, 2.45) is 0 Å². The Bertz CT molecular complexity index is 1290. The van der Waals surface area contributed by atoms with Gasteiger partial charge in [0.25, 0.3) is 11.5 Å². The Morgan fingerprint density at radius 1 is 1.06 bits per heavy atom. The highest BCUT2D eigenvalue weighted by molar-refractivity contribution is 5.94. The molecule has 7 nitrogen and oxygen atoms in total. The van der Waals surface area contributed by atoms with Gasteiger partial charge in [-0.2, -0.15) is 0 Å². The number of hydrogen-bond donors (Lipinski definition) is 2. The normalized spacial score (nSPS) is 11.9. The van der Waals surface area contributed by atoms with Gasteiger partial charge in [0.2, 0.25) is 0 Å². The van der Waals surface area contributed by atoms with E-state index in [0.717, 1.165) is 27.8 Å². The van der Waals surface area contributed by atoms with Crippen LogP contribution in [0.25, 0.3) is 10.9 Å². The van der Waals surface area contributed by atoms with Gasteiger partial charge in [-0.3, -0.25) is 9.59 Å². The lowest BCUT2D eigenvalue weighted by molar-refractivity contribution is 0.0951. The maximum absolute atomic E-state index is 13.0. The number of carbonyl (C=O) groups excluding carboxylic acids is 1. The fourth-order valence-electron chi connectivity index (χ4n) is 3.95. The number of nitrogens with one attached hydrogen (secondary N) is 2. The van der Waals surface area contributed by atoms with Crippen LogP contribution in [0.15, 0.2) is 77.9 Å². The fraction of sp³-hybridized carbons (Fsp3) is 0.231. The number of para-hydroxylation sites is 1. The molecule has 0 aliphatic rings. The lowest BCUT2D eigenvalue weighted by atomic mass is 9.90. The molecule has 4 rings (SSSR count). The molecule has 0 unspecified atom stereocenters. The predicted molar refractivity (Wildman–Crippen MR) is 128 cm³/mol. The first-order chi connectivity index (χ1) is 16.1. The molecule has 0 spiro atoms. The second kappa shape index (κ2) is 10.2. The average Bonchev–Trinajstić information content (AvgIpc) is 3.28. The van der Waals surface area contributed by atoms with Crippen LogP contribution in [0, 0.1) is 0 Å². The first-order valence-electron chi connectivity index (χ1n) is 10.8. The van der Waals surface area contributed by atoms with Gasteiger partial charge in [-0.25, -0.2) is 0 Å². The highest BCUT2D eigenvalue weighted by Gasteiger charge is 2.20. The van der Waals surface area contributed by atoms with Gasteiger partial charge in [-0.15, -0.1) is 0 Å². The van der Waals surface area contributed by atoms with Crippen LogP contribution in [0.4, 0.5) is 0 Å². The Morgan fingerprint density at radius 3 is 2.61 bits per heavy atom. The molecule has 0 aliphatic carbocycles. The molecule has 170 valence electrons. The average molecular weight is 446 g/mol. The zero-order chi connectivity index (χ0) is 23.2. The number of H-pyrrole nitrogens is 1. The number of methoxy groups -OCH3 is 2. The minimum atomic E-state index is -0.237. The molecule has 1 amide bonds. The number of amides is 1. The van der Waals surface area contributed by atoms with Crippen LogP contribution >= 0.6 is 0 Å². The Balaban J connectivity index is 1.60. The van der Waals surface area contributed by atoms with Crippen molar-refractivity contribution in [3.05, 3.63) is 100 Å². The third kappa shape index (κ3) is 4.99. The van der Waals surface area contributed by atoms with E-state index in [1.807, 2.05) is 48.7 Å². The van der Waals surface area contributed by atoms with Crippen LogP contribution in [0.5, 0.6) is 5.75 Å². The Labute approximate surface area is 192 Å². The minimum Gasteiger partial charge on any atom is -0.497 e. The summed E-state index contributed by atoms with van der Waals surface area (Å²) in [7, 11) is 3.21. The Morgan fingerprint density at radius 2 is 1.85 bits per heavy atom. The Hall–Kier alpha value is -3.84. The van der Waals surface area contributed by atoms with Gasteiger partial charge in [-0.1, -0.05) is 30.3 Å². The number of benzene rings is 2. The molecule has 1 atom stereocenters. The molecule has 0 saturated heterocycles. The number of hydrogen-bond acceptors (Lipinski definition) is 4. The maximum Gasteiger partial charge on any atom is 0.252 e. The van der Waals surface area contributed by atoms with Crippen molar-refractivity contribution in [1.82, 2.24) is 14.9 Å². The number of aromatic nitrogens is 2. The Kier molecular flexibility index (Phi) is 6.90. The quantitative estimate of drug-likeness (QED) is 0.413. The third-order valence-electron chi connectivity index (χ3n) is 5.76. The highest BCUT2D eigenvalue weighted by Crippen LogP contribution is 2.31. The van der Waals surface area contributed by atoms with E-state index in [0.29, 0.717) is 25.3 Å². The number of aromatic amines is 1. The van der Waals surface area contributed by atoms with E-state index in [1.165, 1.54) is 10.6 Å². The summed E-state index contributed by atoms with van der Waals surface area (Å²) in [4.78, 5) is 28.3. The molecule has 2 heterocycles. The van der Waals surface area contributed by atoms with E-state index >= 15 is 0 Å². The number of carbonyl (C=O) groups is 1. The van der Waals surface area contributed by atoms with E-state index in [-0.39, 0.29) is 17.4 Å². The van der Waals surface area contributed by atoms with Gasteiger partial charge in [0.15, 0.2) is 0 Å². The van der Waals surface area contributed by atoms with E-state index in [9.17, 15) is 9.59 Å². The monoisotopic (exact) mass is 445 g/mol. The number of fused-ring (bicyclic) bond motifs is 1. The van der Waals surface area contributed by atoms with Gasteiger partial charge in [0.05, 0.1) is 19.3 Å².